The number of benzene rings is 1. The van der Waals surface area contributed by atoms with E-state index in [1.165, 1.54) is 11.6 Å². The highest BCUT2D eigenvalue weighted by molar-refractivity contribution is 5.38. The fraction of sp³-hybridized carbons (Fsp3) is 0.500. The largest absolute Gasteiger partial charge is 0.327 e. The van der Waals surface area contributed by atoms with Gasteiger partial charge in [-0.25, -0.2) is 4.39 Å². The van der Waals surface area contributed by atoms with Crippen LogP contribution in [0.5, 0.6) is 0 Å². The van der Waals surface area contributed by atoms with E-state index >= 15 is 0 Å². The summed E-state index contributed by atoms with van der Waals surface area (Å²) in [5.41, 5.74) is 8.28. The van der Waals surface area contributed by atoms with Crippen LogP contribution in [0.4, 0.5) is 4.39 Å². The second kappa shape index (κ2) is 3.06. The van der Waals surface area contributed by atoms with E-state index in [0.29, 0.717) is 0 Å². The van der Waals surface area contributed by atoms with Crippen LogP contribution in [-0.2, 0) is 11.8 Å². The predicted octanol–water partition coefficient (Wildman–Crippen LogP) is 2.38. The Labute approximate surface area is 84.1 Å². The van der Waals surface area contributed by atoms with E-state index in [2.05, 4.69) is 13.8 Å². The average Bonchev–Trinajstić information content (AvgIpc) is 2.13. The van der Waals surface area contributed by atoms with Gasteiger partial charge in [-0.15, -0.1) is 0 Å². The number of fused-ring (bicyclic) bond motifs is 1. The molecule has 0 fully saturated rings. The van der Waals surface area contributed by atoms with Crippen LogP contribution in [-0.4, -0.2) is 6.04 Å². The zero-order valence-corrected chi connectivity index (χ0v) is 8.68. The lowest BCUT2D eigenvalue weighted by Gasteiger charge is -2.38. The van der Waals surface area contributed by atoms with Crippen molar-refractivity contribution in [1.82, 2.24) is 0 Å². The standard InChI is InChI=1S/C12H16FN/c1-12(2)10-7-9(13)5-3-8(10)4-6-11(12)14/h3,5,7,11H,4,6,14H2,1-2H3. The highest BCUT2D eigenvalue weighted by atomic mass is 19.1. The topological polar surface area (TPSA) is 26.0 Å². The van der Waals surface area contributed by atoms with Gasteiger partial charge in [-0.2, -0.15) is 0 Å². The quantitative estimate of drug-likeness (QED) is 0.672. The van der Waals surface area contributed by atoms with Gasteiger partial charge in [0.05, 0.1) is 0 Å². The summed E-state index contributed by atoms with van der Waals surface area (Å²) in [6, 6.07) is 5.19. The smallest absolute Gasteiger partial charge is 0.123 e. The molecule has 0 spiro atoms. The lowest BCUT2D eigenvalue weighted by Crippen LogP contribution is -2.44. The van der Waals surface area contributed by atoms with Crippen molar-refractivity contribution >= 4 is 0 Å². The van der Waals surface area contributed by atoms with Crippen LogP contribution in [0.3, 0.4) is 0 Å². The first-order valence-electron chi connectivity index (χ1n) is 5.06. The molecule has 0 saturated heterocycles. The maximum atomic E-state index is 13.1. The lowest BCUT2D eigenvalue weighted by molar-refractivity contribution is 0.362. The molecule has 2 heteroatoms. The van der Waals surface area contributed by atoms with E-state index in [1.54, 1.807) is 6.07 Å². The van der Waals surface area contributed by atoms with Gasteiger partial charge in [-0.3, -0.25) is 0 Å². The first-order chi connectivity index (χ1) is 6.51. The Kier molecular flexibility index (Phi) is 2.11. The van der Waals surface area contributed by atoms with E-state index < -0.39 is 0 Å². The minimum Gasteiger partial charge on any atom is -0.327 e. The molecule has 2 N–H and O–H groups in total. The summed E-state index contributed by atoms with van der Waals surface area (Å²) in [5.74, 6) is -0.161. The number of rotatable bonds is 0. The van der Waals surface area contributed by atoms with Crippen molar-refractivity contribution in [3.05, 3.63) is 35.1 Å². The zero-order valence-electron chi connectivity index (χ0n) is 8.68. The second-order valence-corrected chi connectivity index (χ2v) is 4.67. The van der Waals surface area contributed by atoms with Crippen molar-refractivity contribution in [2.75, 3.05) is 0 Å². The summed E-state index contributed by atoms with van der Waals surface area (Å²) in [4.78, 5) is 0. The van der Waals surface area contributed by atoms with Crippen molar-refractivity contribution in [3.8, 4) is 0 Å². The Morgan fingerprint density at radius 3 is 2.86 bits per heavy atom. The Bertz CT molecular complexity index is 357. The summed E-state index contributed by atoms with van der Waals surface area (Å²) in [6.45, 7) is 4.18. The van der Waals surface area contributed by atoms with Gasteiger partial charge in [0, 0.05) is 11.5 Å². The first-order valence-corrected chi connectivity index (χ1v) is 5.06. The van der Waals surface area contributed by atoms with E-state index in [1.807, 2.05) is 6.07 Å². The van der Waals surface area contributed by atoms with Crippen LogP contribution in [0.1, 0.15) is 31.4 Å². The minimum atomic E-state index is -0.161. The van der Waals surface area contributed by atoms with Crippen molar-refractivity contribution < 1.29 is 4.39 Å². The van der Waals surface area contributed by atoms with E-state index in [4.69, 9.17) is 5.73 Å². The minimum absolute atomic E-state index is 0.102. The van der Waals surface area contributed by atoms with Crippen LogP contribution >= 0.6 is 0 Å². The van der Waals surface area contributed by atoms with Crippen molar-refractivity contribution in [1.29, 1.82) is 0 Å². The number of nitrogens with two attached hydrogens (primary N) is 1. The fourth-order valence-corrected chi connectivity index (χ4v) is 2.24. The van der Waals surface area contributed by atoms with Crippen molar-refractivity contribution in [2.45, 2.75) is 38.1 Å². The predicted molar refractivity (Wildman–Crippen MR) is 55.7 cm³/mol. The van der Waals surface area contributed by atoms with Crippen LogP contribution in [0.2, 0.25) is 0 Å². The summed E-state index contributed by atoms with van der Waals surface area (Å²) < 4.78 is 13.1. The summed E-state index contributed by atoms with van der Waals surface area (Å²) in [7, 11) is 0. The summed E-state index contributed by atoms with van der Waals surface area (Å²) in [6.07, 6.45) is 1.96. The molecule has 76 valence electrons. The number of hydrogen-bond donors (Lipinski definition) is 1. The van der Waals surface area contributed by atoms with Crippen LogP contribution < -0.4 is 5.73 Å². The number of hydrogen-bond acceptors (Lipinski definition) is 1. The Hall–Kier alpha value is -0.890. The lowest BCUT2D eigenvalue weighted by atomic mass is 9.69. The first kappa shape index (κ1) is 9.66. The van der Waals surface area contributed by atoms with Gasteiger partial charge >= 0.3 is 0 Å². The van der Waals surface area contributed by atoms with Gasteiger partial charge in [0.15, 0.2) is 0 Å². The van der Waals surface area contributed by atoms with E-state index in [0.717, 1.165) is 18.4 Å². The molecule has 0 heterocycles. The molecule has 1 unspecified atom stereocenters. The molecule has 2 rings (SSSR count). The molecule has 1 aliphatic rings. The van der Waals surface area contributed by atoms with E-state index in [-0.39, 0.29) is 17.3 Å². The number of halogens is 1. The normalized spacial score (nSPS) is 24.4. The monoisotopic (exact) mass is 193 g/mol. The molecule has 0 amide bonds. The SMILES string of the molecule is CC1(C)c2cc(F)ccc2CCC1N. The molecule has 1 aromatic rings. The van der Waals surface area contributed by atoms with Gasteiger partial charge in [-0.05, 0) is 36.1 Å². The van der Waals surface area contributed by atoms with E-state index in [9.17, 15) is 4.39 Å². The van der Waals surface area contributed by atoms with Crippen molar-refractivity contribution in [2.24, 2.45) is 5.73 Å². The molecular formula is C12H16FN. The molecule has 1 atom stereocenters. The Morgan fingerprint density at radius 1 is 1.43 bits per heavy atom. The summed E-state index contributed by atoms with van der Waals surface area (Å²) in [5, 5.41) is 0. The van der Waals surface area contributed by atoms with Crippen molar-refractivity contribution in [3.63, 3.8) is 0 Å². The third-order valence-corrected chi connectivity index (χ3v) is 3.42. The highest BCUT2D eigenvalue weighted by Gasteiger charge is 2.34. The molecule has 14 heavy (non-hydrogen) atoms. The second-order valence-electron chi connectivity index (χ2n) is 4.67. The van der Waals surface area contributed by atoms with Crippen LogP contribution in [0.15, 0.2) is 18.2 Å². The maximum Gasteiger partial charge on any atom is 0.123 e. The third-order valence-electron chi connectivity index (χ3n) is 3.42. The van der Waals surface area contributed by atoms with Gasteiger partial charge in [0.1, 0.15) is 5.82 Å². The fourth-order valence-electron chi connectivity index (χ4n) is 2.24. The van der Waals surface area contributed by atoms with Crippen LogP contribution in [0.25, 0.3) is 0 Å². The molecule has 0 saturated carbocycles. The highest BCUT2D eigenvalue weighted by Crippen LogP contribution is 2.36. The van der Waals surface area contributed by atoms with Crippen LogP contribution in [0, 0.1) is 5.82 Å². The Morgan fingerprint density at radius 2 is 2.14 bits per heavy atom. The molecular weight excluding hydrogens is 177 g/mol. The van der Waals surface area contributed by atoms with Gasteiger partial charge in [0.25, 0.3) is 0 Å². The Balaban J connectivity index is 2.55. The number of aryl methyl sites for hydroxylation is 1. The van der Waals surface area contributed by atoms with Gasteiger partial charge < -0.3 is 5.73 Å². The molecule has 1 aliphatic carbocycles. The molecule has 0 bridgehead atoms. The molecule has 1 aromatic carbocycles. The maximum absolute atomic E-state index is 13.1. The average molecular weight is 193 g/mol. The molecule has 1 nitrogen and oxygen atoms in total. The molecule has 0 aliphatic heterocycles. The molecule has 0 radical (unpaired) electrons. The third kappa shape index (κ3) is 1.34. The zero-order chi connectivity index (χ0) is 10.3. The molecule has 0 aromatic heterocycles. The van der Waals surface area contributed by atoms with Gasteiger partial charge in [-0.1, -0.05) is 19.9 Å². The summed E-state index contributed by atoms with van der Waals surface area (Å²) >= 11 is 0. The van der Waals surface area contributed by atoms with Gasteiger partial charge in [0.2, 0.25) is 0 Å².